The van der Waals surface area contributed by atoms with Gasteiger partial charge in [0, 0.05) is 19.3 Å². The van der Waals surface area contributed by atoms with Gasteiger partial charge in [-0.15, -0.1) is 0 Å². The fourth-order valence-corrected chi connectivity index (χ4v) is 1.26. The molecule has 1 fully saturated rings. The lowest BCUT2D eigenvalue weighted by atomic mass is 10.1. The van der Waals surface area contributed by atoms with Crippen LogP contribution in [0.4, 0.5) is 13.2 Å². The molecule has 0 aliphatic carbocycles. The van der Waals surface area contributed by atoms with Crippen molar-refractivity contribution in [3.8, 4) is 0 Å². The van der Waals surface area contributed by atoms with Crippen molar-refractivity contribution in [2.24, 2.45) is 0 Å². The van der Waals surface area contributed by atoms with E-state index in [1.54, 1.807) is 0 Å². The number of hydrogen-bond acceptors (Lipinski definition) is 3. The third-order valence-corrected chi connectivity index (χ3v) is 1.94. The molecule has 1 saturated heterocycles. The summed E-state index contributed by atoms with van der Waals surface area (Å²) in [4.78, 5) is 4.36. The molecule has 14 heavy (non-hydrogen) atoms. The summed E-state index contributed by atoms with van der Waals surface area (Å²) in [5.41, 5.74) is 2.42. The van der Waals surface area contributed by atoms with Crippen molar-refractivity contribution in [2.45, 2.75) is 31.5 Å². The molecular weight excluding hydrogens is 199 g/mol. The van der Waals surface area contributed by atoms with Crippen LogP contribution in [0, 0.1) is 0 Å². The molecule has 1 aliphatic heterocycles. The van der Waals surface area contributed by atoms with E-state index in [4.69, 9.17) is 4.74 Å². The van der Waals surface area contributed by atoms with Gasteiger partial charge in [-0.05, 0) is 19.3 Å². The van der Waals surface area contributed by atoms with Crippen LogP contribution in [0.15, 0.2) is 0 Å². The predicted octanol–water partition coefficient (Wildman–Crippen LogP) is 1.64. The Hall–Kier alpha value is -0.330. The first-order chi connectivity index (χ1) is 6.58. The first kappa shape index (κ1) is 11.7. The van der Waals surface area contributed by atoms with E-state index in [1.807, 2.05) is 0 Å². The van der Waals surface area contributed by atoms with E-state index in [0.29, 0.717) is 19.6 Å². The molecule has 0 aromatic carbocycles. The number of rotatable bonds is 3. The first-order valence-electron chi connectivity index (χ1n) is 4.60. The minimum Gasteiger partial charge on any atom is -0.381 e. The summed E-state index contributed by atoms with van der Waals surface area (Å²) in [5.74, 6) is 0. The highest BCUT2D eigenvalue weighted by atomic mass is 19.4. The van der Waals surface area contributed by atoms with Crippen LogP contribution >= 0.6 is 0 Å². The number of halogens is 3. The van der Waals surface area contributed by atoms with Gasteiger partial charge in [0.25, 0.3) is 0 Å². The molecule has 0 bridgehead atoms. The Morgan fingerprint density at radius 1 is 1.29 bits per heavy atom. The van der Waals surface area contributed by atoms with E-state index in [2.05, 4.69) is 10.3 Å². The first-order valence-corrected chi connectivity index (χ1v) is 4.60. The van der Waals surface area contributed by atoms with Crippen molar-refractivity contribution in [3.63, 3.8) is 0 Å². The number of alkyl halides is 3. The Morgan fingerprint density at radius 3 is 2.79 bits per heavy atom. The normalized spacial score (nSPS) is 24.6. The Balaban J connectivity index is 2.10. The highest BCUT2D eigenvalue weighted by Gasteiger charge is 2.28. The molecule has 1 N–H and O–H groups in total. The van der Waals surface area contributed by atoms with Gasteiger partial charge in [-0.25, -0.2) is 0 Å². The van der Waals surface area contributed by atoms with E-state index in [1.165, 1.54) is 0 Å². The third kappa shape index (κ3) is 5.41. The van der Waals surface area contributed by atoms with Gasteiger partial charge < -0.3 is 4.74 Å². The van der Waals surface area contributed by atoms with Crippen LogP contribution in [-0.2, 0) is 9.57 Å². The molecule has 1 heterocycles. The predicted molar refractivity (Wildman–Crippen MR) is 43.6 cm³/mol. The van der Waals surface area contributed by atoms with Crippen LogP contribution in [0.3, 0.4) is 0 Å². The maximum Gasteiger partial charge on any atom is 0.413 e. The molecule has 0 radical (unpaired) electrons. The Labute approximate surface area is 80.5 Å². The quantitative estimate of drug-likeness (QED) is 0.723. The van der Waals surface area contributed by atoms with E-state index in [0.717, 1.165) is 12.8 Å². The Kier molecular flexibility index (Phi) is 4.64. The molecule has 84 valence electrons. The van der Waals surface area contributed by atoms with Crippen LogP contribution in [0.1, 0.15) is 19.3 Å². The second-order valence-corrected chi connectivity index (χ2v) is 3.26. The maximum absolute atomic E-state index is 11.7. The fourth-order valence-electron chi connectivity index (χ4n) is 1.26. The van der Waals surface area contributed by atoms with Crippen molar-refractivity contribution in [1.29, 1.82) is 0 Å². The van der Waals surface area contributed by atoms with E-state index < -0.39 is 12.8 Å². The van der Waals surface area contributed by atoms with E-state index in [-0.39, 0.29) is 6.04 Å². The highest BCUT2D eigenvalue weighted by Crippen LogP contribution is 2.14. The molecule has 0 aromatic rings. The molecule has 0 spiro atoms. The summed E-state index contributed by atoms with van der Waals surface area (Å²) in [6.45, 7) is 0.00878. The number of ether oxygens (including phenoxy) is 1. The van der Waals surface area contributed by atoms with Gasteiger partial charge in [0.05, 0.1) is 0 Å². The Bertz CT molecular complexity index is 155. The number of nitrogens with one attached hydrogen (secondary N) is 1. The van der Waals surface area contributed by atoms with Crippen molar-refractivity contribution >= 4 is 0 Å². The summed E-state index contributed by atoms with van der Waals surface area (Å²) < 4.78 is 40.3. The molecule has 1 atom stereocenters. The van der Waals surface area contributed by atoms with Crippen molar-refractivity contribution in [2.75, 3.05) is 19.8 Å². The van der Waals surface area contributed by atoms with Crippen molar-refractivity contribution in [3.05, 3.63) is 0 Å². The Morgan fingerprint density at radius 2 is 2.07 bits per heavy atom. The fraction of sp³-hybridized carbons (Fsp3) is 1.00. The second kappa shape index (κ2) is 5.53. The smallest absolute Gasteiger partial charge is 0.381 e. The topological polar surface area (TPSA) is 30.5 Å². The van der Waals surface area contributed by atoms with Gasteiger partial charge >= 0.3 is 6.18 Å². The number of hydroxylamine groups is 1. The van der Waals surface area contributed by atoms with Crippen LogP contribution in [0.2, 0.25) is 0 Å². The monoisotopic (exact) mass is 213 g/mol. The van der Waals surface area contributed by atoms with E-state index >= 15 is 0 Å². The highest BCUT2D eigenvalue weighted by molar-refractivity contribution is 4.65. The average Bonchev–Trinajstić information content (AvgIpc) is 2.30. The second-order valence-electron chi connectivity index (χ2n) is 3.26. The lowest BCUT2D eigenvalue weighted by Crippen LogP contribution is -2.33. The molecule has 1 rings (SSSR count). The zero-order valence-corrected chi connectivity index (χ0v) is 7.77. The largest absolute Gasteiger partial charge is 0.413 e. The van der Waals surface area contributed by atoms with Crippen LogP contribution in [0.5, 0.6) is 0 Å². The molecule has 0 amide bonds. The molecule has 0 saturated carbocycles. The maximum atomic E-state index is 11.7. The van der Waals surface area contributed by atoms with Crippen molar-refractivity contribution in [1.82, 2.24) is 5.48 Å². The van der Waals surface area contributed by atoms with Gasteiger partial charge in [-0.2, -0.15) is 18.7 Å². The molecule has 1 aliphatic rings. The van der Waals surface area contributed by atoms with Crippen LogP contribution in [-0.4, -0.2) is 32.0 Å². The van der Waals surface area contributed by atoms with Gasteiger partial charge in [0.15, 0.2) is 6.61 Å². The standard InChI is InChI=1S/C8H14F3NO2/c9-8(10,11)6-14-12-7-2-1-4-13-5-3-7/h7,12H,1-6H2. The lowest BCUT2D eigenvalue weighted by molar-refractivity contribution is -0.193. The average molecular weight is 213 g/mol. The zero-order valence-electron chi connectivity index (χ0n) is 7.77. The molecule has 3 nitrogen and oxygen atoms in total. The molecule has 0 aromatic heterocycles. The summed E-state index contributed by atoms with van der Waals surface area (Å²) in [5, 5.41) is 0. The summed E-state index contributed by atoms with van der Waals surface area (Å²) in [6, 6.07) is -0.0279. The minimum absolute atomic E-state index is 0.0279. The zero-order chi connectivity index (χ0) is 10.4. The lowest BCUT2D eigenvalue weighted by Gasteiger charge is -2.15. The van der Waals surface area contributed by atoms with Crippen molar-refractivity contribution < 1.29 is 22.7 Å². The summed E-state index contributed by atoms with van der Waals surface area (Å²) >= 11 is 0. The van der Waals surface area contributed by atoms with Gasteiger partial charge in [-0.1, -0.05) is 0 Å². The summed E-state index contributed by atoms with van der Waals surface area (Å²) in [7, 11) is 0. The minimum atomic E-state index is -4.27. The number of hydrogen-bond donors (Lipinski definition) is 1. The SMILES string of the molecule is FC(F)(F)CONC1CCCOCC1. The molecule has 1 unspecified atom stereocenters. The van der Waals surface area contributed by atoms with E-state index in [9.17, 15) is 13.2 Å². The third-order valence-electron chi connectivity index (χ3n) is 1.94. The molecular formula is C8H14F3NO2. The van der Waals surface area contributed by atoms with Crippen LogP contribution in [0.25, 0.3) is 0 Å². The van der Waals surface area contributed by atoms with Gasteiger partial charge in [0.1, 0.15) is 0 Å². The van der Waals surface area contributed by atoms with Crippen LogP contribution < -0.4 is 5.48 Å². The van der Waals surface area contributed by atoms with Gasteiger partial charge in [-0.3, -0.25) is 4.84 Å². The molecule has 6 heteroatoms. The summed E-state index contributed by atoms with van der Waals surface area (Å²) in [6.07, 6.45) is -1.93. The van der Waals surface area contributed by atoms with Gasteiger partial charge in [0.2, 0.25) is 0 Å².